The van der Waals surface area contributed by atoms with Crippen LogP contribution in [0.15, 0.2) is 54.7 Å². The molecule has 4 heteroatoms. The van der Waals surface area contributed by atoms with Crippen LogP contribution in [0.3, 0.4) is 0 Å². The molecule has 2 aromatic heterocycles. The van der Waals surface area contributed by atoms with Gasteiger partial charge in [-0.1, -0.05) is 31.2 Å². The predicted molar refractivity (Wildman–Crippen MR) is 119 cm³/mol. The predicted octanol–water partition coefficient (Wildman–Crippen LogP) is 5.21. The number of aryl methyl sites for hydroxylation is 1. The van der Waals surface area contributed by atoms with Gasteiger partial charge in [0.2, 0.25) is 0 Å². The summed E-state index contributed by atoms with van der Waals surface area (Å²) in [7, 11) is 2.07. The summed E-state index contributed by atoms with van der Waals surface area (Å²) in [4.78, 5) is 7.25. The molecule has 142 valence electrons. The van der Waals surface area contributed by atoms with Crippen molar-refractivity contribution in [1.82, 2.24) is 9.55 Å². The number of nitrogens with two attached hydrogens (primary N) is 1. The summed E-state index contributed by atoms with van der Waals surface area (Å²) in [6.07, 6.45) is 4.66. The molecule has 0 atom stereocenters. The van der Waals surface area contributed by atoms with Crippen LogP contribution >= 0.6 is 0 Å². The summed E-state index contributed by atoms with van der Waals surface area (Å²) in [5.41, 5.74) is 12.0. The van der Waals surface area contributed by atoms with Crippen molar-refractivity contribution in [2.24, 2.45) is 13.0 Å². The van der Waals surface area contributed by atoms with E-state index in [-0.39, 0.29) is 0 Å². The summed E-state index contributed by atoms with van der Waals surface area (Å²) in [5, 5.41) is 2.34. The molecule has 0 spiro atoms. The Hall–Kier alpha value is -3.01. The molecule has 1 aliphatic rings. The number of para-hydroxylation sites is 1. The van der Waals surface area contributed by atoms with E-state index in [1.165, 1.54) is 29.4 Å². The monoisotopic (exact) mass is 370 g/mol. The molecule has 4 aromatic rings. The van der Waals surface area contributed by atoms with E-state index in [1.54, 1.807) is 0 Å². The minimum Gasteiger partial charge on any atom is -0.383 e. The molecule has 0 bridgehead atoms. The highest BCUT2D eigenvalue weighted by molar-refractivity contribution is 6.01. The topological polar surface area (TPSA) is 47.1 Å². The van der Waals surface area contributed by atoms with Gasteiger partial charge in [0.05, 0.1) is 5.52 Å². The average Bonchev–Trinajstić information content (AvgIpc) is 3.04. The van der Waals surface area contributed by atoms with Gasteiger partial charge in [-0.05, 0) is 43.0 Å². The zero-order valence-corrected chi connectivity index (χ0v) is 16.5. The molecule has 0 aliphatic carbocycles. The van der Waals surface area contributed by atoms with Gasteiger partial charge in [0.25, 0.3) is 0 Å². The van der Waals surface area contributed by atoms with Crippen molar-refractivity contribution in [3.63, 3.8) is 0 Å². The van der Waals surface area contributed by atoms with Crippen molar-refractivity contribution in [1.29, 1.82) is 0 Å². The SMILES string of the molecule is CC1CCN(c2ccc3cc(-c4cn(C)c5ccccc45)c(N)nc3c2)CC1. The molecule has 0 unspecified atom stereocenters. The molecular weight excluding hydrogens is 344 g/mol. The number of rotatable bonds is 2. The van der Waals surface area contributed by atoms with E-state index in [1.807, 2.05) is 0 Å². The number of nitrogen functional groups attached to an aromatic ring is 1. The summed E-state index contributed by atoms with van der Waals surface area (Å²) >= 11 is 0. The molecule has 0 saturated carbocycles. The van der Waals surface area contributed by atoms with E-state index >= 15 is 0 Å². The Morgan fingerprint density at radius 1 is 1.00 bits per heavy atom. The second-order valence-corrected chi connectivity index (χ2v) is 8.14. The number of aromatic nitrogens is 2. The Morgan fingerprint density at radius 3 is 2.61 bits per heavy atom. The lowest BCUT2D eigenvalue weighted by molar-refractivity contribution is 0.438. The maximum atomic E-state index is 6.43. The van der Waals surface area contributed by atoms with Crippen LogP contribution in [0.4, 0.5) is 11.5 Å². The van der Waals surface area contributed by atoms with Gasteiger partial charge >= 0.3 is 0 Å². The van der Waals surface area contributed by atoms with Crippen LogP contribution < -0.4 is 10.6 Å². The first-order valence-electron chi connectivity index (χ1n) is 10.1. The largest absolute Gasteiger partial charge is 0.383 e. The number of hydrogen-bond donors (Lipinski definition) is 1. The van der Waals surface area contributed by atoms with Crippen LogP contribution in [-0.4, -0.2) is 22.6 Å². The minimum absolute atomic E-state index is 0.591. The highest BCUT2D eigenvalue weighted by atomic mass is 15.1. The number of pyridine rings is 1. The van der Waals surface area contributed by atoms with Crippen LogP contribution in [0.1, 0.15) is 19.8 Å². The van der Waals surface area contributed by atoms with E-state index in [4.69, 9.17) is 10.7 Å². The molecule has 2 N–H and O–H groups in total. The highest BCUT2D eigenvalue weighted by Crippen LogP contribution is 2.35. The third kappa shape index (κ3) is 2.80. The lowest BCUT2D eigenvalue weighted by atomic mass is 9.98. The number of nitrogens with zero attached hydrogens (tertiary/aromatic N) is 3. The Labute approximate surface area is 165 Å². The van der Waals surface area contributed by atoms with Crippen molar-refractivity contribution in [3.05, 3.63) is 54.7 Å². The molecule has 1 saturated heterocycles. The lowest BCUT2D eigenvalue weighted by Gasteiger charge is -2.32. The van der Waals surface area contributed by atoms with Crippen LogP contribution in [-0.2, 0) is 7.05 Å². The maximum absolute atomic E-state index is 6.43. The third-order valence-corrected chi connectivity index (χ3v) is 6.17. The quantitative estimate of drug-likeness (QED) is 0.527. The number of anilines is 2. The van der Waals surface area contributed by atoms with Crippen LogP contribution in [0.5, 0.6) is 0 Å². The average molecular weight is 371 g/mol. The summed E-state index contributed by atoms with van der Waals surface area (Å²) in [6, 6.07) is 17.2. The molecule has 1 aliphatic heterocycles. The molecule has 0 radical (unpaired) electrons. The summed E-state index contributed by atoms with van der Waals surface area (Å²) < 4.78 is 2.15. The standard InChI is InChI=1S/C24H26N4/c1-16-9-11-28(12-10-16)18-8-7-17-13-20(24(25)26-22(17)14-18)21-15-27(2)23-6-4-3-5-19(21)23/h3-8,13-16H,9-12H2,1-2H3,(H2,25,26). The number of hydrogen-bond acceptors (Lipinski definition) is 3. The van der Waals surface area contributed by atoms with E-state index in [0.29, 0.717) is 5.82 Å². The zero-order chi connectivity index (χ0) is 19.3. The molecule has 0 amide bonds. The van der Waals surface area contributed by atoms with Gasteiger partial charge in [-0.25, -0.2) is 4.98 Å². The van der Waals surface area contributed by atoms with E-state index in [0.717, 1.165) is 41.0 Å². The third-order valence-electron chi connectivity index (χ3n) is 6.17. The summed E-state index contributed by atoms with van der Waals surface area (Å²) in [6.45, 7) is 4.58. The molecule has 3 heterocycles. The van der Waals surface area contributed by atoms with Gasteiger partial charge in [-0.15, -0.1) is 0 Å². The zero-order valence-electron chi connectivity index (χ0n) is 16.5. The molecule has 5 rings (SSSR count). The van der Waals surface area contributed by atoms with E-state index in [2.05, 4.69) is 78.2 Å². The smallest absolute Gasteiger partial charge is 0.132 e. The van der Waals surface area contributed by atoms with Gasteiger partial charge < -0.3 is 15.2 Å². The van der Waals surface area contributed by atoms with Gasteiger partial charge in [-0.3, -0.25) is 0 Å². The Kier molecular flexibility index (Phi) is 4.00. The van der Waals surface area contributed by atoms with Gasteiger partial charge in [0, 0.05) is 59.4 Å². The van der Waals surface area contributed by atoms with Crippen LogP contribution in [0.2, 0.25) is 0 Å². The molecule has 4 nitrogen and oxygen atoms in total. The highest BCUT2D eigenvalue weighted by Gasteiger charge is 2.17. The van der Waals surface area contributed by atoms with E-state index < -0.39 is 0 Å². The number of benzene rings is 2. The van der Waals surface area contributed by atoms with Crippen LogP contribution in [0.25, 0.3) is 32.9 Å². The minimum atomic E-state index is 0.591. The lowest BCUT2D eigenvalue weighted by Crippen LogP contribution is -2.32. The van der Waals surface area contributed by atoms with Crippen molar-refractivity contribution in [2.75, 3.05) is 23.7 Å². The first kappa shape index (κ1) is 17.1. The van der Waals surface area contributed by atoms with Gasteiger partial charge in [-0.2, -0.15) is 0 Å². The molecule has 28 heavy (non-hydrogen) atoms. The van der Waals surface area contributed by atoms with Crippen molar-refractivity contribution in [2.45, 2.75) is 19.8 Å². The van der Waals surface area contributed by atoms with Gasteiger partial charge in [0.1, 0.15) is 5.82 Å². The maximum Gasteiger partial charge on any atom is 0.132 e. The van der Waals surface area contributed by atoms with Crippen molar-refractivity contribution in [3.8, 4) is 11.1 Å². The second-order valence-electron chi connectivity index (χ2n) is 8.14. The number of piperidine rings is 1. The molecular formula is C24H26N4. The fraction of sp³-hybridized carbons (Fsp3) is 0.292. The molecule has 2 aromatic carbocycles. The molecule has 1 fully saturated rings. The fourth-order valence-electron chi connectivity index (χ4n) is 4.41. The van der Waals surface area contributed by atoms with E-state index in [9.17, 15) is 0 Å². The second kappa shape index (κ2) is 6.55. The fourth-order valence-corrected chi connectivity index (χ4v) is 4.41. The van der Waals surface area contributed by atoms with Crippen molar-refractivity contribution < 1.29 is 0 Å². The van der Waals surface area contributed by atoms with Crippen LogP contribution in [0, 0.1) is 5.92 Å². The van der Waals surface area contributed by atoms with Gasteiger partial charge in [0.15, 0.2) is 0 Å². The summed E-state index contributed by atoms with van der Waals surface area (Å²) in [5.74, 6) is 1.42. The van der Waals surface area contributed by atoms with Crippen molar-refractivity contribution >= 4 is 33.3 Å². The Bertz CT molecular complexity index is 1170. The first-order chi connectivity index (χ1) is 13.6. The number of fused-ring (bicyclic) bond motifs is 2. The Morgan fingerprint density at radius 2 is 1.79 bits per heavy atom. The normalized spacial score (nSPS) is 15.6. The Balaban J connectivity index is 1.58. The first-order valence-corrected chi connectivity index (χ1v) is 10.1.